The highest BCUT2D eigenvalue weighted by Crippen LogP contribution is 2.08. The number of carbonyl (C=O) groups excluding carboxylic acids is 1. The number of pyridine rings is 1. The molecule has 0 aromatic carbocycles. The van der Waals surface area contributed by atoms with Crippen molar-refractivity contribution in [3.05, 3.63) is 29.6 Å². The first-order valence-corrected chi connectivity index (χ1v) is 5.98. The van der Waals surface area contributed by atoms with E-state index in [-0.39, 0.29) is 12.5 Å². The summed E-state index contributed by atoms with van der Waals surface area (Å²) in [6, 6.07) is 1.65. The summed E-state index contributed by atoms with van der Waals surface area (Å²) >= 11 is 0. The van der Waals surface area contributed by atoms with E-state index in [4.69, 9.17) is 9.84 Å². The zero-order valence-corrected chi connectivity index (χ0v) is 11.2. The van der Waals surface area contributed by atoms with E-state index in [1.54, 1.807) is 37.5 Å². The smallest absolute Gasteiger partial charge is 0.255 e. The van der Waals surface area contributed by atoms with Crippen molar-refractivity contribution in [3.8, 4) is 11.8 Å². The molecular formula is C14H18N2O3. The van der Waals surface area contributed by atoms with Crippen LogP contribution in [0.15, 0.2) is 18.5 Å². The Morgan fingerprint density at radius 2 is 2.37 bits per heavy atom. The van der Waals surface area contributed by atoms with E-state index in [2.05, 4.69) is 16.8 Å². The molecule has 1 amide bonds. The molecule has 0 aliphatic carbocycles. The molecule has 0 radical (unpaired) electrons. The van der Waals surface area contributed by atoms with Crippen molar-refractivity contribution in [1.29, 1.82) is 0 Å². The number of aliphatic hydroxyl groups is 1. The van der Waals surface area contributed by atoms with Gasteiger partial charge in [0.15, 0.2) is 0 Å². The van der Waals surface area contributed by atoms with E-state index in [1.165, 1.54) is 0 Å². The van der Waals surface area contributed by atoms with E-state index in [1.807, 2.05) is 0 Å². The van der Waals surface area contributed by atoms with Crippen LogP contribution in [0.1, 0.15) is 22.3 Å². The summed E-state index contributed by atoms with van der Waals surface area (Å²) in [5.74, 6) is 5.53. The third kappa shape index (κ3) is 4.70. The number of nitrogens with zero attached hydrogens (tertiary/aromatic N) is 2. The highest BCUT2D eigenvalue weighted by molar-refractivity contribution is 5.96. The molecule has 5 heteroatoms. The van der Waals surface area contributed by atoms with Crippen molar-refractivity contribution in [2.75, 3.05) is 33.9 Å². The number of methoxy groups -OCH3 is 1. The van der Waals surface area contributed by atoms with Crippen LogP contribution >= 0.6 is 0 Å². The number of amides is 1. The topological polar surface area (TPSA) is 62.7 Å². The van der Waals surface area contributed by atoms with Crippen LogP contribution < -0.4 is 0 Å². The van der Waals surface area contributed by atoms with Crippen LogP contribution in [0.3, 0.4) is 0 Å². The second kappa shape index (κ2) is 8.25. The third-order valence-corrected chi connectivity index (χ3v) is 2.49. The fourth-order valence-corrected chi connectivity index (χ4v) is 1.43. The van der Waals surface area contributed by atoms with Crippen molar-refractivity contribution in [2.45, 2.75) is 6.42 Å². The minimum atomic E-state index is -0.118. The van der Waals surface area contributed by atoms with Gasteiger partial charge in [-0.15, -0.1) is 0 Å². The first-order chi connectivity index (χ1) is 9.20. The zero-order valence-electron chi connectivity index (χ0n) is 11.2. The Labute approximate surface area is 113 Å². The number of aromatic nitrogens is 1. The van der Waals surface area contributed by atoms with Gasteiger partial charge in [0.25, 0.3) is 5.91 Å². The van der Waals surface area contributed by atoms with Crippen LogP contribution in [0.2, 0.25) is 0 Å². The van der Waals surface area contributed by atoms with E-state index in [9.17, 15) is 4.79 Å². The average Bonchev–Trinajstić information content (AvgIpc) is 2.44. The summed E-state index contributed by atoms with van der Waals surface area (Å²) in [6.45, 7) is 1.00. The van der Waals surface area contributed by atoms with Crippen molar-refractivity contribution in [2.24, 2.45) is 0 Å². The van der Waals surface area contributed by atoms with E-state index < -0.39 is 0 Å². The molecule has 0 saturated heterocycles. The molecule has 0 unspecified atom stereocenters. The molecule has 0 spiro atoms. The molecule has 0 bridgehead atoms. The summed E-state index contributed by atoms with van der Waals surface area (Å²) in [5.41, 5.74) is 1.09. The number of hydrogen-bond acceptors (Lipinski definition) is 4. The van der Waals surface area contributed by atoms with E-state index in [0.717, 1.165) is 0 Å². The Balaban J connectivity index is 2.88. The van der Waals surface area contributed by atoms with Crippen molar-refractivity contribution >= 4 is 5.91 Å². The molecule has 1 N–H and O–H groups in total. The molecule has 102 valence electrons. The largest absolute Gasteiger partial charge is 0.395 e. The van der Waals surface area contributed by atoms with Gasteiger partial charge in [0.1, 0.15) is 0 Å². The first kappa shape index (κ1) is 15.2. The van der Waals surface area contributed by atoms with Gasteiger partial charge < -0.3 is 14.7 Å². The highest BCUT2D eigenvalue weighted by atomic mass is 16.5. The lowest BCUT2D eigenvalue weighted by Crippen LogP contribution is -2.30. The number of rotatable bonds is 5. The van der Waals surface area contributed by atoms with Crippen LogP contribution in [0.4, 0.5) is 0 Å². The van der Waals surface area contributed by atoms with Crippen molar-refractivity contribution in [3.63, 3.8) is 0 Å². The molecule has 0 atom stereocenters. The maximum absolute atomic E-state index is 12.2. The Morgan fingerprint density at radius 1 is 1.58 bits per heavy atom. The molecule has 0 saturated carbocycles. The van der Waals surface area contributed by atoms with E-state index in [0.29, 0.717) is 30.7 Å². The first-order valence-electron chi connectivity index (χ1n) is 5.98. The molecule has 19 heavy (non-hydrogen) atoms. The lowest BCUT2D eigenvalue weighted by atomic mass is 10.1. The monoisotopic (exact) mass is 262 g/mol. The summed E-state index contributed by atoms with van der Waals surface area (Å²) in [5, 5.41) is 8.70. The van der Waals surface area contributed by atoms with Crippen LogP contribution in [0, 0.1) is 11.8 Å². The summed E-state index contributed by atoms with van der Waals surface area (Å²) < 4.78 is 4.95. The van der Waals surface area contributed by atoms with Crippen LogP contribution in [0.5, 0.6) is 0 Å². The van der Waals surface area contributed by atoms with Gasteiger partial charge in [-0.2, -0.15) is 0 Å². The minimum Gasteiger partial charge on any atom is -0.395 e. The lowest BCUT2D eigenvalue weighted by Gasteiger charge is -2.17. The Hall–Kier alpha value is -1.90. The molecule has 1 rings (SSSR count). The van der Waals surface area contributed by atoms with Gasteiger partial charge in [-0.1, -0.05) is 11.8 Å². The van der Waals surface area contributed by atoms with Crippen LogP contribution in [-0.2, 0) is 4.74 Å². The standard InChI is InChI=1S/C14H18N2O3/c1-16(8-10-19-2)14(18)13-6-7-15-11-12(13)5-3-4-9-17/h6-7,11,17H,4,8-10H2,1-2H3. The van der Waals surface area contributed by atoms with Gasteiger partial charge in [0.2, 0.25) is 0 Å². The predicted molar refractivity (Wildman–Crippen MR) is 71.7 cm³/mol. The molecule has 5 nitrogen and oxygen atoms in total. The summed E-state index contributed by atoms with van der Waals surface area (Å²) in [6.07, 6.45) is 3.50. The fraction of sp³-hybridized carbons (Fsp3) is 0.429. The number of likely N-dealkylation sites (N-methyl/N-ethyl adjacent to an activating group) is 1. The second-order valence-corrected chi connectivity index (χ2v) is 3.92. The van der Waals surface area contributed by atoms with Crippen LogP contribution in [-0.4, -0.2) is 54.8 Å². The SMILES string of the molecule is COCCN(C)C(=O)c1ccncc1C#CCCO. The molecule has 1 aromatic rings. The Morgan fingerprint density at radius 3 is 3.05 bits per heavy atom. The molecular weight excluding hydrogens is 244 g/mol. The maximum atomic E-state index is 12.2. The van der Waals surface area contributed by atoms with Crippen molar-refractivity contribution < 1.29 is 14.6 Å². The van der Waals surface area contributed by atoms with Crippen LogP contribution in [0.25, 0.3) is 0 Å². The Bertz CT molecular complexity index is 477. The number of carbonyl (C=O) groups is 1. The van der Waals surface area contributed by atoms with Gasteiger partial charge in [-0.05, 0) is 6.07 Å². The molecule has 1 heterocycles. The molecule has 0 fully saturated rings. The fourth-order valence-electron chi connectivity index (χ4n) is 1.43. The second-order valence-electron chi connectivity index (χ2n) is 3.92. The van der Waals surface area contributed by atoms with Gasteiger partial charge in [-0.25, -0.2) is 0 Å². The Kier molecular flexibility index (Phi) is 6.58. The predicted octanol–water partition coefficient (Wildman–Crippen LogP) is 0.534. The lowest BCUT2D eigenvalue weighted by molar-refractivity contribution is 0.0744. The van der Waals surface area contributed by atoms with Gasteiger partial charge >= 0.3 is 0 Å². The summed E-state index contributed by atoms with van der Waals surface area (Å²) in [7, 11) is 3.31. The quantitative estimate of drug-likeness (QED) is 0.786. The summed E-state index contributed by atoms with van der Waals surface area (Å²) in [4.78, 5) is 17.8. The maximum Gasteiger partial charge on any atom is 0.255 e. The molecule has 0 aliphatic rings. The normalized spacial score (nSPS) is 9.63. The number of ether oxygens (including phenoxy) is 1. The number of aliphatic hydroxyl groups excluding tert-OH is 1. The van der Waals surface area contributed by atoms with Crippen molar-refractivity contribution in [1.82, 2.24) is 9.88 Å². The highest BCUT2D eigenvalue weighted by Gasteiger charge is 2.14. The minimum absolute atomic E-state index is 0.00425. The molecule has 1 aromatic heterocycles. The van der Waals surface area contributed by atoms with Gasteiger partial charge in [0.05, 0.1) is 24.3 Å². The third-order valence-electron chi connectivity index (χ3n) is 2.49. The average molecular weight is 262 g/mol. The van der Waals surface area contributed by atoms with Gasteiger partial charge in [-0.3, -0.25) is 9.78 Å². The molecule has 0 aliphatic heterocycles. The van der Waals surface area contributed by atoms with Gasteiger partial charge in [0, 0.05) is 39.5 Å². The number of hydrogen-bond donors (Lipinski definition) is 1. The zero-order chi connectivity index (χ0) is 14.1. The van der Waals surface area contributed by atoms with E-state index >= 15 is 0 Å².